The molecular weight excluding hydrogens is 250 g/mol. The fourth-order valence-corrected chi connectivity index (χ4v) is 2.99. The molecule has 0 aromatic heterocycles. The molecule has 0 heterocycles. The van der Waals surface area contributed by atoms with E-state index >= 15 is 0 Å². The van der Waals surface area contributed by atoms with Gasteiger partial charge in [0.05, 0.1) is 13.2 Å². The lowest BCUT2D eigenvalue weighted by Crippen LogP contribution is -2.39. The lowest BCUT2D eigenvalue weighted by Gasteiger charge is -2.27. The van der Waals surface area contributed by atoms with E-state index in [0.29, 0.717) is 19.1 Å². The Morgan fingerprint density at radius 1 is 1.25 bits per heavy atom. The highest BCUT2D eigenvalue weighted by molar-refractivity contribution is 5.97. The predicted octanol–water partition coefficient (Wildman–Crippen LogP) is 2.67. The number of nitrogens with zero attached hydrogens (tertiary/aromatic N) is 1. The fraction of sp³-hybridized carbons (Fsp3) is 0.588. The summed E-state index contributed by atoms with van der Waals surface area (Å²) in [4.78, 5) is 14.5. The predicted molar refractivity (Wildman–Crippen MR) is 81.1 cm³/mol. The lowest BCUT2D eigenvalue weighted by molar-refractivity contribution is 0.0862. The second-order valence-corrected chi connectivity index (χ2v) is 5.61. The van der Waals surface area contributed by atoms with E-state index in [1.54, 1.807) is 0 Å². The van der Waals surface area contributed by atoms with E-state index in [-0.39, 0.29) is 12.4 Å². The summed E-state index contributed by atoms with van der Waals surface area (Å²) in [5.74, 6) is 0.160. The van der Waals surface area contributed by atoms with Crippen molar-refractivity contribution in [3.63, 3.8) is 0 Å². The van der Waals surface area contributed by atoms with Gasteiger partial charge in [-0.2, -0.15) is 0 Å². The zero-order chi connectivity index (χ0) is 14.4. The van der Waals surface area contributed by atoms with Crippen molar-refractivity contribution in [1.82, 2.24) is 4.90 Å². The number of ketones is 1. The van der Waals surface area contributed by atoms with E-state index in [0.717, 1.165) is 24.8 Å². The summed E-state index contributed by atoms with van der Waals surface area (Å²) in [7, 11) is 0. The van der Waals surface area contributed by atoms with E-state index in [2.05, 4.69) is 11.8 Å². The third kappa shape index (κ3) is 3.90. The molecule has 20 heavy (non-hydrogen) atoms. The van der Waals surface area contributed by atoms with Gasteiger partial charge in [-0.15, -0.1) is 0 Å². The summed E-state index contributed by atoms with van der Waals surface area (Å²) in [6, 6.07) is 8.37. The number of aliphatic hydroxyl groups is 1. The van der Waals surface area contributed by atoms with Crippen molar-refractivity contribution >= 4 is 5.78 Å². The fourth-order valence-electron chi connectivity index (χ4n) is 2.99. The molecule has 1 aliphatic carbocycles. The summed E-state index contributed by atoms with van der Waals surface area (Å²) in [5, 5.41) is 9.20. The van der Waals surface area contributed by atoms with Crippen molar-refractivity contribution in [1.29, 1.82) is 0 Å². The molecule has 1 aliphatic rings. The first-order chi connectivity index (χ1) is 9.74. The molecule has 0 radical (unpaired) electrons. The molecule has 1 fully saturated rings. The second-order valence-electron chi connectivity index (χ2n) is 5.61. The Labute approximate surface area is 121 Å². The molecule has 0 unspecified atom stereocenters. The highest BCUT2D eigenvalue weighted by Crippen LogP contribution is 2.23. The maximum atomic E-state index is 12.4. The summed E-state index contributed by atoms with van der Waals surface area (Å²) in [6.07, 6.45) is 5.79. The number of benzene rings is 1. The Morgan fingerprint density at radius 3 is 2.45 bits per heavy atom. The van der Waals surface area contributed by atoms with Crippen molar-refractivity contribution in [2.45, 2.75) is 45.1 Å². The van der Waals surface area contributed by atoms with E-state index in [9.17, 15) is 9.90 Å². The van der Waals surface area contributed by atoms with Crippen LogP contribution in [0, 0.1) is 0 Å². The second kappa shape index (κ2) is 7.55. The van der Waals surface area contributed by atoms with Crippen molar-refractivity contribution in [3.8, 4) is 0 Å². The number of hydrogen-bond acceptors (Lipinski definition) is 3. The first-order valence-corrected chi connectivity index (χ1v) is 7.71. The van der Waals surface area contributed by atoms with Crippen LogP contribution in [0.3, 0.4) is 0 Å². The zero-order valence-electron chi connectivity index (χ0n) is 12.3. The first-order valence-electron chi connectivity index (χ1n) is 7.71. The molecule has 0 bridgehead atoms. The van der Waals surface area contributed by atoms with Gasteiger partial charge >= 0.3 is 0 Å². The Hall–Kier alpha value is -1.19. The molecule has 0 spiro atoms. The molecule has 1 saturated carbocycles. The molecule has 1 N–H and O–H groups in total. The maximum absolute atomic E-state index is 12.4. The molecular formula is C17H25NO2. The third-order valence-corrected chi connectivity index (χ3v) is 4.26. The van der Waals surface area contributed by atoms with Gasteiger partial charge in [-0.1, -0.05) is 44.0 Å². The van der Waals surface area contributed by atoms with Crippen LogP contribution in [-0.2, 0) is 6.42 Å². The van der Waals surface area contributed by atoms with Crippen molar-refractivity contribution < 1.29 is 9.90 Å². The first kappa shape index (κ1) is 15.2. The Morgan fingerprint density at radius 2 is 1.90 bits per heavy atom. The lowest BCUT2D eigenvalue weighted by atomic mass is 10.1. The molecule has 3 nitrogen and oxygen atoms in total. The zero-order valence-corrected chi connectivity index (χ0v) is 12.3. The molecule has 2 rings (SSSR count). The van der Waals surface area contributed by atoms with Gasteiger partial charge in [0.25, 0.3) is 0 Å². The number of rotatable bonds is 7. The smallest absolute Gasteiger partial charge is 0.176 e. The van der Waals surface area contributed by atoms with Crippen LogP contribution < -0.4 is 0 Å². The summed E-state index contributed by atoms with van der Waals surface area (Å²) in [6.45, 7) is 3.26. The Kier molecular flexibility index (Phi) is 5.74. The maximum Gasteiger partial charge on any atom is 0.176 e. The average Bonchev–Trinajstić information content (AvgIpc) is 3.01. The molecule has 0 aliphatic heterocycles. The number of aliphatic hydroxyl groups excluding tert-OH is 1. The number of aryl methyl sites for hydroxylation is 1. The van der Waals surface area contributed by atoms with Gasteiger partial charge in [-0.3, -0.25) is 9.69 Å². The Bertz CT molecular complexity index is 421. The van der Waals surface area contributed by atoms with E-state index in [1.165, 1.54) is 18.4 Å². The van der Waals surface area contributed by atoms with Gasteiger partial charge in [0, 0.05) is 18.2 Å². The topological polar surface area (TPSA) is 40.5 Å². The van der Waals surface area contributed by atoms with Crippen LogP contribution in [0.1, 0.15) is 48.5 Å². The molecule has 110 valence electrons. The van der Waals surface area contributed by atoms with Crippen LogP contribution in [0.25, 0.3) is 0 Å². The van der Waals surface area contributed by atoms with Gasteiger partial charge in [0.2, 0.25) is 0 Å². The minimum absolute atomic E-state index is 0.124. The highest BCUT2D eigenvalue weighted by atomic mass is 16.3. The Balaban J connectivity index is 1.99. The third-order valence-electron chi connectivity index (χ3n) is 4.26. The monoisotopic (exact) mass is 275 g/mol. The molecule has 3 heteroatoms. The van der Waals surface area contributed by atoms with E-state index in [1.807, 2.05) is 24.3 Å². The van der Waals surface area contributed by atoms with Gasteiger partial charge in [0.15, 0.2) is 5.78 Å². The quantitative estimate of drug-likeness (QED) is 0.778. The van der Waals surface area contributed by atoms with Gasteiger partial charge in [0.1, 0.15) is 0 Å². The van der Waals surface area contributed by atoms with E-state index < -0.39 is 0 Å². The number of carbonyl (C=O) groups is 1. The summed E-state index contributed by atoms with van der Waals surface area (Å²) < 4.78 is 0. The van der Waals surface area contributed by atoms with Crippen LogP contribution in [0.4, 0.5) is 0 Å². The highest BCUT2D eigenvalue weighted by Gasteiger charge is 2.24. The molecule has 1 aromatic carbocycles. The normalized spacial score (nSPS) is 15.9. The van der Waals surface area contributed by atoms with Crippen LogP contribution in [0.2, 0.25) is 0 Å². The summed E-state index contributed by atoms with van der Waals surface area (Å²) >= 11 is 0. The molecule has 0 amide bonds. The minimum atomic E-state index is 0.124. The standard InChI is InChI=1S/C17H25NO2/c1-2-14-7-9-15(10-8-14)17(20)13-18(11-12-19)16-5-3-4-6-16/h7-10,16,19H,2-6,11-13H2,1H3. The number of Topliss-reactive ketones (excluding diaryl/α,β-unsaturated/α-hetero) is 1. The SMILES string of the molecule is CCc1ccc(C(=O)CN(CCO)C2CCCC2)cc1. The van der Waals surface area contributed by atoms with Crippen molar-refractivity contribution in [2.24, 2.45) is 0 Å². The van der Waals surface area contributed by atoms with Gasteiger partial charge < -0.3 is 5.11 Å². The minimum Gasteiger partial charge on any atom is -0.395 e. The van der Waals surface area contributed by atoms with Crippen LogP contribution in [0.5, 0.6) is 0 Å². The van der Waals surface area contributed by atoms with Crippen LogP contribution in [-0.4, -0.2) is 41.5 Å². The average molecular weight is 275 g/mol. The van der Waals surface area contributed by atoms with Crippen molar-refractivity contribution in [3.05, 3.63) is 35.4 Å². The van der Waals surface area contributed by atoms with Gasteiger partial charge in [-0.25, -0.2) is 0 Å². The number of carbonyl (C=O) groups excluding carboxylic acids is 1. The molecule has 0 atom stereocenters. The largest absolute Gasteiger partial charge is 0.395 e. The number of hydrogen-bond donors (Lipinski definition) is 1. The summed E-state index contributed by atoms with van der Waals surface area (Å²) in [5.41, 5.74) is 2.03. The van der Waals surface area contributed by atoms with E-state index in [4.69, 9.17) is 0 Å². The van der Waals surface area contributed by atoms with Gasteiger partial charge in [-0.05, 0) is 24.8 Å². The van der Waals surface area contributed by atoms with Crippen LogP contribution in [0.15, 0.2) is 24.3 Å². The van der Waals surface area contributed by atoms with Crippen LogP contribution >= 0.6 is 0 Å². The molecule has 0 saturated heterocycles. The van der Waals surface area contributed by atoms with Crippen molar-refractivity contribution in [2.75, 3.05) is 19.7 Å². The molecule has 1 aromatic rings.